The van der Waals surface area contributed by atoms with Gasteiger partial charge < -0.3 is 0 Å². The predicted octanol–water partition coefficient (Wildman–Crippen LogP) is 21.0. The van der Waals surface area contributed by atoms with E-state index in [2.05, 4.69) is 0 Å². The summed E-state index contributed by atoms with van der Waals surface area (Å²) >= 11 is 0. The van der Waals surface area contributed by atoms with E-state index in [0.29, 0.717) is 88.0 Å². The fourth-order valence-corrected chi connectivity index (χ4v) is 10.7. The van der Waals surface area contributed by atoms with Crippen LogP contribution in [-0.2, 0) is 24.7 Å². The molecule has 0 amide bonds. The quantitative estimate of drug-likeness (QED) is 0.119. The molecule has 0 saturated carbocycles. The van der Waals surface area contributed by atoms with Crippen LogP contribution in [0.25, 0.3) is 120 Å². The molecule has 12 aromatic rings. The summed E-state index contributed by atoms with van der Waals surface area (Å²) < 4.78 is 166. The van der Waals surface area contributed by atoms with Crippen LogP contribution in [0.2, 0.25) is 0 Å². The first-order valence-corrected chi connectivity index (χ1v) is 23.7. The SMILES string of the molecule is FC(F)(F)c1ccc(-c2cc3c4cc(-c5ccc6c(-c7ccc(C(F)(F)F)cc7)cc7c8ccccc8c(-c8ccc(C(F)(F)F)cc8)cc7c6c5)ccc4c(-c4ccc(C(F)(F)F)cc4)cc3c3ccccc23)cc1. The molecular formula is C64H34F12. The molecule has 12 rings (SSSR count). The van der Waals surface area contributed by atoms with Gasteiger partial charge in [-0.05, 0) is 205 Å². The lowest BCUT2D eigenvalue weighted by molar-refractivity contribution is -0.138. The third kappa shape index (κ3) is 8.42. The van der Waals surface area contributed by atoms with E-state index in [1.165, 1.54) is 48.5 Å². The molecule has 374 valence electrons. The minimum atomic E-state index is -4.58. The Hall–Kier alpha value is -8.64. The first-order valence-electron chi connectivity index (χ1n) is 23.7. The van der Waals surface area contributed by atoms with Crippen molar-refractivity contribution in [2.45, 2.75) is 24.7 Å². The molecule has 0 unspecified atom stereocenters. The maximum absolute atomic E-state index is 13.9. The molecule has 0 bridgehead atoms. The van der Waals surface area contributed by atoms with Crippen molar-refractivity contribution in [1.82, 2.24) is 0 Å². The summed E-state index contributed by atoms with van der Waals surface area (Å²) in [6, 6.07) is 53.5. The van der Waals surface area contributed by atoms with Gasteiger partial charge in [-0.15, -0.1) is 0 Å². The molecular weight excluding hydrogens is 997 g/mol. The van der Waals surface area contributed by atoms with Crippen LogP contribution in [0.5, 0.6) is 0 Å². The lowest BCUT2D eigenvalue weighted by atomic mass is 9.85. The molecule has 12 aromatic carbocycles. The van der Waals surface area contributed by atoms with Gasteiger partial charge in [0.15, 0.2) is 0 Å². The average Bonchev–Trinajstić information content (AvgIpc) is 3.51. The van der Waals surface area contributed by atoms with Gasteiger partial charge in [0.25, 0.3) is 0 Å². The van der Waals surface area contributed by atoms with Crippen LogP contribution in [0.15, 0.2) is 206 Å². The molecule has 0 fully saturated rings. The monoisotopic (exact) mass is 1030 g/mol. The van der Waals surface area contributed by atoms with Crippen LogP contribution >= 0.6 is 0 Å². The van der Waals surface area contributed by atoms with Gasteiger partial charge in [0.1, 0.15) is 0 Å². The standard InChI is InChI=1S/C64H34F12/c65-61(66,67)41-19-9-35(10-20-41)51-33-59-55-29-39(17-27-49(55)53(31-57(59)47-7-3-1-5-45(47)51)37-13-23-43(24-14-37)63(71,72)73)40-18-28-50-54(38-15-25-44(26-16-38)64(74,75)76)32-58-48-8-4-2-6-46(48)52(34-60(58)56(50)30-40)36-11-21-42(22-12-36)62(68,69)70/h1-34H. The normalized spacial score (nSPS) is 12.7. The second kappa shape index (κ2) is 17.5. The van der Waals surface area contributed by atoms with Gasteiger partial charge >= 0.3 is 24.7 Å². The predicted molar refractivity (Wildman–Crippen MR) is 279 cm³/mol. The lowest BCUT2D eigenvalue weighted by Gasteiger charge is -2.19. The van der Waals surface area contributed by atoms with E-state index >= 15 is 0 Å². The van der Waals surface area contributed by atoms with Crippen molar-refractivity contribution in [2.24, 2.45) is 0 Å². The number of hydrogen-bond donors (Lipinski definition) is 0. The highest BCUT2D eigenvalue weighted by Gasteiger charge is 2.33. The Morgan fingerprint density at radius 3 is 0.618 bits per heavy atom. The molecule has 0 heterocycles. The molecule has 0 spiro atoms. The van der Waals surface area contributed by atoms with Crippen molar-refractivity contribution < 1.29 is 52.7 Å². The van der Waals surface area contributed by atoms with E-state index < -0.39 is 47.0 Å². The number of fused-ring (bicyclic) bond motifs is 10. The van der Waals surface area contributed by atoms with Crippen LogP contribution in [-0.4, -0.2) is 0 Å². The van der Waals surface area contributed by atoms with Crippen molar-refractivity contribution in [1.29, 1.82) is 0 Å². The zero-order chi connectivity index (χ0) is 53.1. The second-order valence-corrected chi connectivity index (χ2v) is 18.8. The fourth-order valence-electron chi connectivity index (χ4n) is 10.7. The molecule has 76 heavy (non-hydrogen) atoms. The van der Waals surface area contributed by atoms with Crippen LogP contribution < -0.4 is 0 Å². The largest absolute Gasteiger partial charge is 0.416 e. The summed E-state index contributed by atoms with van der Waals surface area (Å²) in [4.78, 5) is 0. The van der Waals surface area contributed by atoms with Crippen molar-refractivity contribution >= 4 is 64.6 Å². The topological polar surface area (TPSA) is 0 Å². The highest BCUT2D eigenvalue weighted by atomic mass is 19.4. The summed E-state index contributed by atoms with van der Waals surface area (Å²) in [6.07, 6.45) is -18.3. The van der Waals surface area contributed by atoms with Crippen molar-refractivity contribution in [3.8, 4) is 55.6 Å². The van der Waals surface area contributed by atoms with Crippen molar-refractivity contribution in [2.75, 3.05) is 0 Å². The molecule has 0 aliphatic heterocycles. The van der Waals surface area contributed by atoms with Gasteiger partial charge in [-0.2, -0.15) is 52.7 Å². The van der Waals surface area contributed by atoms with E-state index in [1.807, 2.05) is 109 Å². The molecule has 0 atom stereocenters. The van der Waals surface area contributed by atoms with E-state index in [-0.39, 0.29) is 0 Å². The Morgan fingerprint density at radius 1 is 0.171 bits per heavy atom. The lowest BCUT2D eigenvalue weighted by Crippen LogP contribution is -2.04. The maximum atomic E-state index is 13.9. The molecule has 0 N–H and O–H groups in total. The Labute approximate surface area is 424 Å². The molecule has 0 aliphatic carbocycles. The van der Waals surface area contributed by atoms with Crippen molar-refractivity contribution in [3.63, 3.8) is 0 Å². The molecule has 12 heteroatoms. The molecule has 0 saturated heterocycles. The highest BCUT2D eigenvalue weighted by Crippen LogP contribution is 2.47. The third-order valence-electron chi connectivity index (χ3n) is 14.4. The van der Waals surface area contributed by atoms with Gasteiger partial charge in [-0.25, -0.2) is 0 Å². The van der Waals surface area contributed by atoms with Crippen LogP contribution in [0.3, 0.4) is 0 Å². The minimum absolute atomic E-state index is 0.507. The Kier molecular flexibility index (Phi) is 11.1. The summed E-state index contributed by atoms with van der Waals surface area (Å²) in [6.45, 7) is 0. The second-order valence-electron chi connectivity index (χ2n) is 18.8. The maximum Gasteiger partial charge on any atom is 0.416 e. The first-order chi connectivity index (χ1) is 36.2. The zero-order valence-corrected chi connectivity index (χ0v) is 39.2. The van der Waals surface area contributed by atoms with Gasteiger partial charge in [0.2, 0.25) is 0 Å². The minimum Gasteiger partial charge on any atom is -0.166 e. The summed E-state index contributed by atoms with van der Waals surface area (Å²) in [5.74, 6) is 0. The van der Waals surface area contributed by atoms with Gasteiger partial charge in [-0.1, -0.05) is 121 Å². The Bertz CT molecular complexity index is 4000. The van der Waals surface area contributed by atoms with E-state index in [0.717, 1.165) is 80.8 Å². The number of rotatable bonds is 5. The highest BCUT2D eigenvalue weighted by molar-refractivity contribution is 6.26. The Morgan fingerprint density at radius 2 is 0.368 bits per heavy atom. The smallest absolute Gasteiger partial charge is 0.166 e. The number of benzene rings is 12. The molecule has 0 aliphatic rings. The van der Waals surface area contributed by atoms with E-state index in [4.69, 9.17) is 0 Å². The summed E-state index contributed by atoms with van der Waals surface area (Å²) in [5, 5.41) is 8.58. The number of hydrogen-bond acceptors (Lipinski definition) is 0. The summed E-state index contributed by atoms with van der Waals surface area (Å²) in [7, 11) is 0. The number of alkyl halides is 12. The van der Waals surface area contributed by atoms with Gasteiger partial charge in [0, 0.05) is 0 Å². The molecule has 0 radical (unpaired) electrons. The zero-order valence-electron chi connectivity index (χ0n) is 39.2. The molecule has 0 nitrogen and oxygen atoms in total. The number of halogens is 12. The third-order valence-corrected chi connectivity index (χ3v) is 14.4. The molecule has 0 aromatic heterocycles. The van der Waals surface area contributed by atoms with Gasteiger partial charge in [-0.3, -0.25) is 0 Å². The van der Waals surface area contributed by atoms with Crippen LogP contribution in [0, 0.1) is 0 Å². The first kappa shape index (κ1) is 48.3. The van der Waals surface area contributed by atoms with Gasteiger partial charge in [0.05, 0.1) is 22.3 Å². The van der Waals surface area contributed by atoms with Crippen LogP contribution in [0.1, 0.15) is 22.3 Å². The van der Waals surface area contributed by atoms with E-state index in [9.17, 15) is 52.7 Å². The summed E-state index contributed by atoms with van der Waals surface area (Å²) in [5.41, 5.74) is 2.75. The fraction of sp³-hybridized carbons (Fsp3) is 0.0625. The Balaban J connectivity index is 1.13. The van der Waals surface area contributed by atoms with Crippen LogP contribution in [0.4, 0.5) is 52.7 Å². The van der Waals surface area contributed by atoms with Crippen molar-refractivity contribution in [3.05, 3.63) is 229 Å². The van der Waals surface area contributed by atoms with E-state index in [1.54, 1.807) is 0 Å². The average molecular weight is 1030 g/mol.